The van der Waals surface area contributed by atoms with E-state index in [0.29, 0.717) is 18.8 Å². The lowest BCUT2D eigenvalue weighted by atomic mass is 10.3. The van der Waals surface area contributed by atoms with E-state index in [1.807, 2.05) is 6.92 Å². The molecule has 0 amide bonds. The molecule has 6 heteroatoms. The molecule has 0 aliphatic heterocycles. The largest absolute Gasteiger partial charge is 0.461 e. The van der Waals surface area contributed by atoms with Gasteiger partial charge in [-0.25, -0.2) is 4.79 Å². The minimum atomic E-state index is -0.313. The summed E-state index contributed by atoms with van der Waals surface area (Å²) in [7, 11) is 1.48. The maximum Gasteiger partial charge on any atom is 0.356 e. The summed E-state index contributed by atoms with van der Waals surface area (Å²) in [5.74, 6) is 2.72. The lowest BCUT2D eigenvalue weighted by Gasteiger charge is -2.05. The van der Waals surface area contributed by atoms with Crippen molar-refractivity contribution < 1.29 is 9.53 Å². The van der Waals surface area contributed by atoms with E-state index in [1.165, 1.54) is 8.93 Å². The molecule has 98 valence electrons. The predicted molar refractivity (Wildman–Crippen MR) is 81.5 cm³/mol. The van der Waals surface area contributed by atoms with Crippen LogP contribution in [0.25, 0.3) is 0 Å². The Morgan fingerprint density at radius 2 is 2.44 bits per heavy atom. The van der Waals surface area contributed by atoms with Crippen molar-refractivity contribution in [2.45, 2.75) is 33.2 Å². The average molecular weight is 378 g/mol. The van der Waals surface area contributed by atoms with Gasteiger partial charge in [0, 0.05) is 34.2 Å². The number of hydrogen-bond donors (Lipinski definition) is 0. The molecule has 0 radical (unpaired) electrons. The van der Waals surface area contributed by atoms with Crippen LogP contribution in [0.5, 0.6) is 0 Å². The number of aryl methyl sites for hydroxylation is 2. The van der Waals surface area contributed by atoms with E-state index in [1.54, 1.807) is 17.7 Å². The first-order valence-corrected chi connectivity index (χ1v) is 9.02. The van der Waals surface area contributed by atoms with E-state index in [-0.39, 0.29) is 5.97 Å². The molecule has 1 heterocycles. The maximum absolute atomic E-state index is 11.7. The second-order valence-corrected chi connectivity index (χ2v) is 5.25. The van der Waals surface area contributed by atoms with Gasteiger partial charge in [0.2, 0.25) is 0 Å². The minimum Gasteiger partial charge on any atom is -0.461 e. The fourth-order valence-electron chi connectivity index (χ4n) is 1.48. The third-order valence-corrected chi connectivity index (χ3v) is 3.05. The number of carbonyl (C=O) groups is 1. The predicted octanol–water partition coefficient (Wildman–Crippen LogP) is 3.19. The third-order valence-electron chi connectivity index (χ3n) is 2.17. The second-order valence-electron chi connectivity index (χ2n) is 3.57. The monoisotopic (exact) mass is 378 g/mol. The summed E-state index contributed by atoms with van der Waals surface area (Å²) in [6, 6.07) is 1.75. The van der Waals surface area contributed by atoms with Gasteiger partial charge in [-0.3, -0.25) is 4.68 Å². The van der Waals surface area contributed by atoms with Crippen LogP contribution in [-0.2, 0) is 11.3 Å². The van der Waals surface area contributed by atoms with Gasteiger partial charge in [0.25, 0.3) is 0 Å². The van der Waals surface area contributed by atoms with Crippen molar-refractivity contribution in [2.24, 2.45) is 0 Å². The number of aromatic nitrogens is 2. The summed E-state index contributed by atoms with van der Waals surface area (Å²) < 4.78 is 6.70. The van der Waals surface area contributed by atoms with Crippen LogP contribution in [0, 0.1) is 18.1 Å². The molecular formula is C12H15IN2O2S. The first kappa shape index (κ1) is 15.4. The van der Waals surface area contributed by atoms with E-state index < -0.39 is 0 Å². The molecule has 1 rings (SSSR count). The van der Waals surface area contributed by atoms with Gasteiger partial charge in [-0.15, -0.1) is 0 Å². The number of hydrogen-bond acceptors (Lipinski definition) is 4. The Kier molecular flexibility index (Phi) is 7.20. The molecule has 0 fully saturated rings. The summed E-state index contributed by atoms with van der Waals surface area (Å²) in [5.41, 5.74) is 1.34. The zero-order chi connectivity index (χ0) is 13.4. The van der Waals surface area contributed by atoms with Crippen molar-refractivity contribution in [3.63, 3.8) is 0 Å². The van der Waals surface area contributed by atoms with Crippen molar-refractivity contribution in [2.75, 3.05) is 6.61 Å². The molecule has 0 N–H and O–H groups in total. The van der Waals surface area contributed by atoms with Crippen molar-refractivity contribution in [1.82, 2.24) is 9.78 Å². The minimum absolute atomic E-state index is 0.313. The van der Waals surface area contributed by atoms with E-state index >= 15 is 0 Å². The number of unbranched alkanes of at least 4 members (excludes halogenated alkanes) is 1. The standard InChI is InChI=1S/C12H15IN2O2S/c1-3-17-12(16)11-9-10(2)14-15(11)7-5-4-6-8-18-13/h9H,3-5,7H2,1-2H3. The molecule has 0 atom stereocenters. The van der Waals surface area contributed by atoms with Crippen LogP contribution in [-0.4, -0.2) is 22.4 Å². The Morgan fingerprint density at radius 1 is 1.67 bits per heavy atom. The SMILES string of the molecule is CCOC(=O)c1cc(C)nn1CCCC#CSI. The van der Waals surface area contributed by atoms with Gasteiger partial charge in [-0.1, -0.05) is 5.92 Å². The summed E-state index contributed by atoms with van der Waals surface area (Å²) >= 11 is 2.14. The molecule has 0 aliphatic carbocycles. The highest BCUT2D eigenvalue weighted by Gasteiger charge is 2.14. The zero-order valence-corrected chi connectivity index (χ0v) is 13.4. The van der Waals surface area contributed by atoms with E-state index in [9.17, 15) is 4.79 Å². The molecule has 0 saturated heterocycles. The van der Waals surface area contributed by atoms with Crippen LogP contribution in [0.15, 0.2) is 6.07 Å². The van der Waals surface area contributed by atoms with Gasteiger partial charge in [0.05, 0.1) is 12.3 Å². The van der Waals surface area contributed by atoms with Crippen molar-refractivity contribution in [3.8, 4) is 11.2 Å². The molecule has 18 heavy (non-hydrogen) atoms. The highest BCUT2D eigenvalue weighted by atomic mass is 127. The van der Waals surface area contributed by atoms with Crippen LogP contribution in [0.4, 0.5) is 0 Å². The van der Waals surface area contributed by atoms with Crippen LogP contribution in [0.2, 0.25) is 0 Å². The van der Waals surface area contributed by atoms with Gasteiger partial charge in [-0.05, 0) is 40.5 Å². The number of esters is 1. The van der Waals surface area contributed by atoms with Gasteiger partial charge in [-0.2, -0.15) is 5.10 Å². The molecule has 0 aliphatic rings. The lowest BCUT2D eigenvalue weighted by molar-refractivity contribution is 0.0511. The molecule has 0 aromatic carbocycles. The van der Waals surface area contributed by atoms with Gasteiger partial charge in [0.1, 0.15) is 5.69 Å². The van der Waals surface area contributed by atoms with E-state index in [4.69, 9.17) is 4.74 Å². The molecule has 4 nitrogen and oxygen atoms in total. The smallest absolute Gasteiger partial charge is 0.356 e. The summed E-state index contributed by atoms with van der Waals surface area (Å²) in [6.07, 6.45) is 1.68. The van der Waals surface area contributed by atoms with Crippen LogP contribution >= 0.6 is 30.1 Å². The molecular weight excluding hydrogens is 363 g/mol. The number of nitrogens with zero attached hydrogens (tertiary/aromatic N) is 2. The van der Waals surface area contributed by atoms with Crippen LogP contribution in [0.3, 0.4) is 0 Å². The van der Waals surface area contributed by atoms with Crippen LogP contribution in [0.1, 0.15) is 35.9 Å². The number of halogens is 1. The average Bonchev–Trinajstić information content (AvgIpc) is 2.71. The fourth-order valence-corrected chi connectivity index (χ4v) is 2.10. The Hall–Kier alpha value is -0.680. The Labute approximate surface area is 123 Å². The van der Waals surface area contributed by atoms with Gasteiger partial charge < -0.3 is 4.74 Å². The van der Waals surface area contributed by atoms with E-state index in [2.05, 4.69) is 37.5 Å². The van der Waals surface area contributed by atoms with Gasteiger partial charge in [0.15, 0.2) is 0 Å². The zero-order valence-electron chi connectivity index (χ0n) is 10.4. The number of rotatable bonds is 5. The lowest BCUT2D eigenvalue weighted by Crippen LogP contribution is -2.13. The summed E-state index contributed by atoms with van der Waals surface area (Å²) in [6.45, 7) is 4.72. The first-order valence-electron chi connectivity index (χ1n) is 5.66. The molecule has 0 spiro atoms. The second kappa shape index (κ2) is 8.43. The number of ether oxygens (including phenoxy) is 1. The number of carbonyl (C=O) groups excluding carboxylic acids is 1. The fraction of sp³-hybridized carbons (Fsp3) is 0.500. The Morgan fingerprint density at radius 3 is 3.11 bits per heavy atom. The molecule has 0 saturated carbocycles. The summed E-state index contributed by atoms with van der Waals surface area (Å²) in [4.78, 5) is 11.7. The van der Waals surface area contributed by atoms with Crippen molar-refractivity contribution in [1.29, 1.82) is 0 Å². The summed E-state index contributed by atoms with van der Waals surface area (Å²) in [5, 5.41) is 7.22. The quantitative estimate of drug-likeness (QED) is 0.342. The highest BCUT2D eigenvalue weighted by molar-refractivity contribution is 14.2. The maximum atomic E-state index is 11.7. The topological polar surface area (TPSA) is 44.1 Å². The van der Waals surface area contributed by atoms with Gasteiger partial charge >= 0.3 is 5.97 Å². The Bertz CT molecular complexity index is 462. The normalized spacial score (nSPS) is 9.72. The van der Waals surface area contributed by atoms with Crippen LogP contribution < -0.4 is 0 Å². The molecule has 0 unspecified atom stereocenters. The van der Waals surface area contributed by atoms with Crippen molar-refractivity contribution in [3.05, 3.63) is 17.5 Å². The molecule has 0 bridgehead atoms. The van der Waals surface area contributed by atoms with E-state index in [0.717, 1.165) is 18.5 Å². The van der Waals surface area contributed by atoms with Crippen molar-refractivity contribution >= 4 is 36.1 Å². The molecule has 1 aromatic heterocycles. The molecule has 1 aromatic rings. The first-order chi connectivity index (χ1) is 8.69. The third kappa shape index (κ3) is 4.90. The Balaban J connectivity index is 2.61. The highest BCUT2D eigenvalue weighted by Crippen LogP contribution is 2.09.